The molecule has 0 saturated carbocycles. The van der Waals surface area contributed by atoms with Gasteiger partial charge in [0.1, 0.15) is 5.03 Å². The number of hydrogen-bond donors (Lipinski definition) is 1. The summed E-state index contributed by atoms with van der Waals surface area (Å²) in [6, 6.07) is 5.28. The van der Waals surface area contributed by atoms with Gasteiger partial charge in [-0.2, -0.15) is 5.10 Å². The molecule has 1 N–H and O–H groups in total. The molecule has 0 aliphatic rings. The van der Waals surface area contributed by atoms with Gasteiger partial charge in [0, 0.05) is 19.3 Å². The second-order valence-corrected chi connectivity index (χ2v) is 5.62. The van der Waals surface area contributed by atoms with E-state index in [0.29, 0.717) is 33.7 Å². The number of furan rings is 1. The standard InChI is InChI=1S/C15H15N5O2S/c1-9-12(14(21)17-11-6-7-20(2)19-11)15(23-3)18-13(16-9)10-5-4-8-22-10/h4-8H,1-3H3,(H,17,19,21). The lowest BCUT2D eigenvalue weighted by atomic mass is 10.2. The van der Waals surface area contributed by atoms with Gasteiger partial charge in [-0.25, -0.2) is 9.97 Å². The normalized spacial score (nSPS) is 10.7. The smallest absolute Gasteiger partial charge is 0.261 e. The lowest BCUT2D eigenvalue weighted by Crippen LogP contribution is -2.17. The van der Waals surface area contributed by atoms with Crippen LogP contribution in [0, 0.1) is 6.92 Å². The monoisotopic (exact) mass is 329 g/mol. The minimum absolute atomic E-state index is 0.281. The number of amides is 1. The average molecular weight is 329 g/mol. The number of nitrogens with one attached hydrogen (secondary N) is 1. The molecule has 0 bridgehead atoms. The van der Waals surface area contributed by atoms with Crippen molar-refractivity contribution in [2.75, 3.05) is 11.6 Å². The zero-order valence-corrected chi connectivity index (χ0v) is 13.7. The van der Waals surface area contributed by atoms with E-state index >= 15 is 0 Å². The second-order valence-electron chi connectivity index (χ2n) is 4.82. The van der Waals surface area contributed by atoms with Crippen LogP contribution >= 0.6 is 11.8 Å². The number of thioether (sulfide) groups is 1. The maximum atomic E-state index is 12.5. The van der Waals surface area contributed by atoms with Crippen LogP contribution in [0.4, 0.5) is 5.82 Å². The van der Waals surface area contributed by atoms with E-state index in [1.54, 1.807) is 49.3 Å². The van der Waals surface area contributed by atoms with Gasteiger partial charge in [0.25, 0.3) is 5.91 Å². The number of carbonyl (C=O) groups is 1. The molecule has 0 aliphatic carbocycles. The minimum atomic E-state index is -0.281. The van der Waals surface area contributed by atoms with Gasteiger partial charge in [0.05, 0.1) is 17.5 Å². The fourth-order valence-electron chi connectivity index (χ4n) is 2.13. The van der Waals surface area contributed by atoms with Crippen LogP contribution in [0.2, 0.25) is 0 Å². The molecular weight excluding hydrogens is 314 g/mol. The molecule has 0 fully saturated rings. The molecule has 0 saturated heterocycles. The van der Waals surface area contributed by atoms with E-state index in [1.807, 2.05) is 6.26 Å². The summed E-state index contributed by atoms with van der Waals surface area (Å²) in [7, 11) is 1.79. The van der Waals surface area contributed by atoms with Gasteiger partial charge in [-0.05, 0) is 25.3 Å². The van der Waals surface area contributed by atoms with Gasteiger partial charge < -0.3 is 9.73 Å². The SMILES string of the molecule is CSc1nc(-c2ccco2)nc(C)c1C(=O)Nc1ccn(C)n1. The molecule has 7 nitrogen and oxygen atoms in total. The molecule has 1 amide bonds. The third-order valence-corrected chi connectivity index (χ3v) is 3.86. The summed E-state index contributed by atoms with van der Waals surface area (Å²) >= 11 is 1.39. The zero-order valence-electron chi connectivity index (χ0n) is 12.9. The molecule has 0 unspecified atom stereocenters. The van der Waals surface area contributed by atoms with Crippen molar-refractivity contribution in [2.45, 2.75) is 11.9 Å². The Morgan fingerprint density at radius 1 is 1.35 bits per heavy atom. The molecule has 0 atom stereocenters. The molecule has 23 heavy (non-hydrogen) atoms. The summed E-state index contributed by atoms with van der Waals surface area (Å²) in [5.41, 5.74) is 1.03. The van der Waals surface area contributed by atoms with Crippen LogP contribution in [0.5, 0.6) is 0 Å². The summed E-state index contributed by atoms with van der Waals surface area (Å²) in [4.78, 5) is 21.4. The third kappa shape index (κ3) is 3.11. The molecule has 0 aromatic carbocycles. The predicted octanol–water partition coefficient (Wildman–Crippen LogP) is 2.75. The van der Waals surface area contributed by atoms with Crippen molar-refractivity contribution in [2.24, 2.45) is 7.05 Å². The van der Waals surface area contributed by atoms with Gasteiger partial charge >= 0.3 is 0 Å². The van der Waals surface area contributed by atoms with Crippen molar-refractivity contribution in [3.63, 3.8) is 0 Å². The number of nitrogens with zero attached hydrogens (tertiary/aromatic N) is 4. The molecule has 8 heteroatoms. The molecule has 3 aromatic rings. The molecular formula is C15H15N5O2S. The Balaban J connectivity index is 1.96. The van der Waals surface area contributed by atoms with E-state index < -0.39 is 0 Å². The number of anilines is 1. The molecule has 3 rings (SSSR count). The van der Waals surface area contributed by atoms with Crippen molar-refractivity contribution in [1.82, 2.24) is 19.7 Å². The Labute approximate surface area is 137 Å². The molecule has 3 heterocycles. The summed E-state index contributed by atoms with van der Waals surface area (Å²) in [5, 5.41) is 7.50. The van der Waals surface area contributed by atoms with Gasteiger partial charge in [0.2, 0.25) is 0 Å². The number of carbonyl (C=O) groups excluding carboxylic acids is 1. The van der Waals surface area contributed by atoms with Crippen LogP contribution in [0.15, 0.2) is 40.1 Å². The van der Waals surface area contributed by atoms with Crippen LogP contribution in [0.25, 0.3) is 11.6 Å². The lowest BCUT2D eigenvalue weighted by molar-refractivity contribution is 0.102. The van der Waals surface area contributed by atoms with E-state index in [-0.39, 0.29) is 5.91 Å². The highest BCUT2D eigenvalue weighted by Gasteiger charge is 2.20. The quantitative estimate of drug-likeness (QED) is 0.585. The number of rotatable bonds is 4. The highest BCUT2D eigenvalue weighted by Crippen LogP contribution is 2.25. The Bertz CT molecular complexity index is 842. The first-order chi connectivity index (χ1) is 11.1. The van der Waals surface area contributed by atoms with E-state index in [0.717, 1.165) is 0 Å². The number of hydrogen-bond acceptors (Lipinski definition) is 6. The van der Waals surface area contributed by atoms with Gasteiger partial charge in [-0.15, -0.1) is 11.8 Å². The van der Waals surface area contributed by atoms with E-state index in [9.17, 15) is 4.79 Å². The Kier molecular flexibility index (Phi) is 4.16. The van der Waals surface area contributed by atoms with Crippen LogP contribution in [0.3, 0.4) is 0 Å². The van der Waals surface area contributed by atoms with Crippen LogP contribution in [-0.4, -0.2) is 31.9 Å². The Hall–Kier alpha value is -2.61. The van der Waals surface area contributed by atoms with Crippen LogP contribution in [-0.2, 0) is 7.05 Å². The maximum absolute atomic E-state index is 12.5. The van der Waals surface area contributed by atoms with E-state index in [1.165, 1.54) is 11.8 Å². The van der Waals surface area contributed by atoms with Crippen molar-refractivity contribution < 1.29 is 9.21 Å². The van der Waals surface area contributed by atoms with E-state index in [4.69, 9.17) is 4.42 Å². The topological polar surface area (TPSA) is 85.8 Å². The third-order valence-electron chi connectivity index (χ3n) is 3.17. The Morgan fingerprint density at radius 2 is 2.17 bits per heavy atom. The summed E-state index contributed by atoms with van der Waals surface area (Å²) in [6.45, 7) is 1.78. The van der Waals surface area contributed by atoms with Crippen LogP contribution < -0.4 is 5.32 Å². The predicted molar refractivity (Wildman–Crippen MR) is 87.4 cm³/mol. The van der Waals surface area contributed by atoms with Crippen molar-refractivity contribution in [3.05, 3.63) is 41.9 Å². The number of aromatic nitrogens is 4. The first-order valence-corrected chi connectivity index (χ1v) is 8.08. The van der Waals surface area contributed by atoms with Crippen molar-refractivity contribution in [3.8, 4) is 11.6 Å². The molecule has 0 spiro atoms. The highest BCUT2D eigenvalue weighted by molar-refractivity contribution is 7.98. The fraction of sp³-hybridized carbons (Fsp3) is 0.200. The molecule has 118 valence electrons. The molecule has 0 aliphatic heterocycles. The Morgan fingerprint density at radius 3 is 2.78 bits per heavy atom. The van der Waals surface area contributed by atoms with Crippen LogP contribution in [0.1, 0.15) is 16.1 Å². The number of aryl methyl sites for hydroxylation is 2. The highest BCUT2D eigenvalue weighted by atomic mass is 32.2. The van der Waals surface area contributed by atoms with Crippen molar-refractivity contribution >= 4 is 23.5 Å². The summed E-state index contributed by atoms with van der Waals surface area (Å²) < 4.78 is 6.94. The van der Waals surface area contributed by atoms with Gasteiger partial charge in [-0.1, -0.05) is 0 Å². The van der Waals surface area contributed by atoms with E-state index in [2.05, 4.69) is 20.4 Å². The minimum Gasteiger partial charge on any atom is -0.461 e. The first-order valence-electron chi connectivity index (χ1n) is 6.86. The largest absolute Gasteiger partial charge is 0.461 e. The fourth-order valence-corrected chi connectivity index (χ4v) is 2.75. The van der Waals surface area contributed by atoms with Gasteiger partial charge in [0.15, 0.2) is 17.4 Å². The lowest BCUT2D eigenvalue weighted by Gasteiger charge is -2.10. The summed E-state index contributed by atoms with van der Waals surface area (Å²) in [6.07, 6.45) is 5.19. The second kappa shape index (κ2) is 6.25. The summed E-state index contributed by atoms with van der Waals surface area (Å²) in [5.74, 6) is 1.24. The molecule has 3 aromatic heterocycles. The molecule has 0 radical (unpaired) electrons. The first kappa shape index (κ1) is 15.3. The zero-order chi connectivity index (χ0) is 16.4. The average Bonchev–Trinajstić information content (AvgIpc) is 3.18. The van der Waals surface area contributed by atoms with Crippen molar-refractivity contribution in [1.29, 1.82) is 0 Å². The van der Waals surface area contributed by atoms with Gasteiger partial charge in [-0.3, -0.25) is 9.48 Å². The maximum Gasteiger partial charge on any atom is 0.261 e.